The van der Waals surface area contributed by atoms with Gasteiger partial charge in [0.2, 0.25) is 5.91 Å². The Morgan fingerprint density at radius 2 is 2.24 bits per heavy atom. The van der Waals surface area contributed by atoms with Crippen LogP contribution in [0.25, 0.3) is 0 Å². The monoisotopic (exact) mass is 355 g/mol. The van der Waals surface area contributed by atoms with Crippen molar-refractivity contribution in [2.45, 2.75) is 50.6 Å². The summed E-state index contributed by atoms with van der Waals surface area (Å²) in [5, 5.41) is 0. The number of nitrogens with zero attached hydrogens (tertiary/aromatic N) is 2. The van der Waals surface area contributed by atoms with Crippen molar-refractivity contribution in [3.8, 4) is 0 Å². The molecule has 1 aromatic heterocycles. The van der Waals surface area contributed by atoms with Crippen LogP contribution in [-0.2, 0) is 28.7 Å². The molecule has 3 heterocycles. The average Bonchev–Trinajstić information content (AvgIpc) is 3.09. The lowest BCUT2D eigenvalue weighted by Crippen LogP contribution is -2.48. The quantitative estimate of drug-likeness (QED) is 0.835. The minimum absolute atomic E-state index is 0.0361. The third-order valence-electron chi connectivity index (χ3n) is 5.71. The van der Waals surface area contributed by atoms with Gasteiger partial charge in [0.25, 0.3) is 0 Å². The number of aromatic nitrogens is 1. The number of hydrogen-bond donors (Lipinski definition) is 1. The molecule has 0 unspecified atom stereocenters. The number of carbonyl (C=O) groups is 1. The van der Waals surface area contributed by atoms with Gasteiger partial charge in [-0.1, -0.05) is 0 Å². The highest BCUT2D eigenvalue weighted by Crippen LogP contribution is 2.48. The Balaban J connectivity index is 1.59. The van der Waals surface area contributed by atoms with Gasteiger partial charge < -0.3 is 15.4 Å². The summed E-state index contributed by atoms with van der Waals surface area (Å²) in [6, 6.07) is 1.05. The Labute approximate surface area is 143 Å². The van der Waals surface area contributed by atoms with E-state index in [4.69, 9.17) is 10.5 Å². The fourth-order valence-electron chi connectivity index (χ4n) is 4.46. The van der Waals surface area contributed by atoms with Crippen LogP contribution in [0.5, 0.6) is 0 Å². The Bertz CT molecular complexity index is 709. The van der Waals surface area contributed by atoms with Gasteiger partial charge in [-0.2, -0.15) is 13.2 Å². The van der Waals surface area contributed by atoms with Crippen molar-refractivity contribution < 1.29 is 22.7 Å². The highest BCUT2D eigenvalue weighted by molar-refractivity contribution is 5.84. The molecule has 136 valence electrons. The van der Waals surface area contributed by atoms with Crippen molar-refractivity contribution in [1.82, 2.24) is 9.88 Å². The van der Waals surface area contributed by atoms with Crippen molar-refractivity contribution in [2.75, 3.05) is 13.2 Å². The van der Waals surface area contributed by atoms with E-state index in [2.05, 4.69) is 4.98 Å². The molecule has 3 atom stereocenters. The zero-order valence-electron chi connectivity index (χ0n) is 13.7. The Morgan fingerprint density at radius 1 is 1.44 bits per heavy atom. The van der Waals surface area contributed by atoms with E-state index in [0.29, 0.717) is 50.1 Å². The first-order valence-electron chi connectivity index (χ1n) is 8.51. The van der Waals surface area contributed by atoms with E-state index < -0.39 is 17.2 Å². The number of pyridine rings is 1. The number of halogens is 3. The normalized spacial score (nSPS) is 31.8. The number of alkyl halides is 3. The van der Waals surface area contributed by atoms with Gasteiger partial charge in [0.15, 0.2) is 0 Å². The Hall–Kier alpha value is -1.67. The first-order valence-corrected chi connectivity index (χ1v) is 8.51. The topological polar surface area (TPSA) is 68.5 Å². The molecule has 1 saturated heterocycles. The molecular weight excluding hydrogens is 335 g/mol. The number of rotatable bonds is 1. The van der Waals surface area contributed by atoms with Gasteiger partial charge in [0, 0.05) is 44.0 Å². The molecular formula is C17H20F3N3O2. The highest BCUT2D eigenvalue weighted by Gasteiger charge is 2.56. The van der Waals surface area contributed by atoms with Crippen LogP contribution in [0, 0.1) is 5.41 Å². The molecule has 0 spiro atoms. The maximum atomic E-state index is 13.2. The molecule has 4 rings (SSSR count). The van der Waals surface area contributed by atoms with E-state index in [-0.39, 0.29) is 24.6 Å². The second-order valence-corrected chi connectivity index (χ2v) is 7.27. The zero-order valence-corrected chi connectivity index (χ0v) is 13.7. The Morgan fingerprint density at radius 3 is 3.00 bits per heavy atom. The Kier molecular flexibility index (Phi) is 3.81. The molecule has 2 aliphatic heterocycles. The summed E-state index contributed by atoms with van der Waals surface area (Å²) in [6.45, 7) is 1.16. The summed E-state index contributed by atoms with van der Waals surface area (Å²) in [6.07, 6.45) is -1.39. The fraction of sp³-hybridized carbons (Fsp3) is 0.647. The van der Waals surface area contributed by atoms with Crippen molar-refractivity contribution in [3.05, 3.63) is 29.1 Å². The second kappa shape index (κ2) is 5.67. The van der Waals surface area contributed by atoms with Crippen molar-refractivity contribution >= 4 is 5.91 Å². The summed E-state index contributed by atoms with van der Waals surface area (Å²) >= 11 is 0. The van der Waals surface area contributed by atoms with E-state index in [1.807, 2.05) is 0 Å². The fourth-order valence-corrected chi connectivity index (χ4v) is 4.46. The third kappa shape index (κ3) is 2.71. The molecule has 0 radical (unpaired) electrons. The molecule has 5 nitrogen and oxygen atoms in total. The molecule has 1 saturated carbocycles. The van der Waals surface area contributed by atoms with Gasteiger partial charge in [-0.15, -0.1) is 0 Å². The number of nitrogens with two attached hydrogens (primary N) is 1. The smallest absolute Gasteiger partial charge is 0.377 e. The molecule has 8 heteroatoms. The van der Waals surface area contributed by atoms with Gasteiger partial charge >= 0.3 is 6.18 Å². The largest absolute Gasteiger partial charge is 0.417 e. The summed E-state index contributed by atoms with van der Waals surface area (Å²) in [4.78, 5) is 18.8. The molecule has 25 heavy (non-hydrogen) atoms. The molecule has 0 aromatic carbocycles. The van der Waals surface area contributed by atoms with Crippen molar-refractivity contribution in [2.24, 2.45) is 11.1 Å². The van der Waals surface area contributed by atoms with Crippen LogP contribution in [0.4, 0.5) is 13.2 Å². The van der Waals surface area contributed by atoms with E-state index in [1.54, 1.807) is 4.90 Å². The number of ether oxygens (including phenoxy) is 1. The van der Waals surface area contributed by atoms with Gasteiger partial charge in [-0.3, -0.25) is 9.78 Å². The van der Waals surface area contributed by atoms with E-state index in [9.17, 15) is 18.0 Å². The SMILES string of the molecule is N[C@@H]1C[C@H]2OCC[C@@]2(C(=O)N2CCc3ncc(C(F)(F)F)cc3C2)C1. The van der Waals surface area contributed by atoms with E-state index >= 15 is 0 Å². The first kappa shape index (κ1) is 16.8. The number of hydrogen-bond acceptors (Lipinski definition) is 4. The van der Waals surface area contributed by atoms with Crippen LogP contribution >= 0.6 is 0 Å². The number of carbonyl (C=O) groups excluding carboxylic acids is 1. The zero-order chi connectivity index (χ0) is 17.8. The van der Waals surface area contributed by atoms with Crippen LogP contribution in [0.1, 0.15) is 36.1 Å². The number of amides is 1. The lowest BCUT2D eigenvalue weighted by molar-refractivity contribution is -0.145. The standard InChI is InChI=1S/C17H20F3N3O2/c18-17(19,20)11-5-10-9-23(3-1-13(10)22-8-11)15(24)16-2-4-25-14(16)6-12(21)7-16/h5,8,12,14H,1-4,6-7,9,21H2/t12-,14-,16-/m1/s1. The lowest BCUT2D eigenvalue weighted by atomic mass is 9.80. The van der Waals surface area contributed by atoms with Crippen LogP contribution in [-0.4, -0.2) is 41.1 Å². The second-order valence-electron chi connectivity index (χ2n) is 7.27. The van der Waals surface area contributed by atoms with E-state index in [1.165, 1.54) is 0 Å². The molecule has 2 N–H and O–H groups in total. The summed E-state index contributed by atoms with van der Waals surface area (Å²) in [7, 11) is 0. The molecule has 2 fully saturated rings. The number of fused-ring (bicyclic) bond motifs is 2. The maximum Gasteiger partial charge on any atom is 0.417 e. The van der Waals surface area contributed by atoms with Crippen LogP contribution in [0.3, 0.4) is 0 Å². The summed E-state index contributed by atoms with van der Waals surface area (Å²) in [5.41, 5.74) is 5.77. The average molecular weight is 355 g/mol. The molecule has 1 aromatic rings. The predicted octanol–water partition coefficient (Wildman–Crippen LogP) is 1.88. The predicted molar refractivity (Wildman–Crippen MR) is 82.4 cm³/mol. The highest BCUT2D eigenvalue weighted by atomic mass is 19.4. The van der Waals surface area contributed by atoms with Crippen LogP contribution in [0.15, 0.2) is 12.3 Å². The van der Waals surface area contributed by atoms with Crippen LogP contribution < -0.4 is 5.73 Å². The third-order valence-corrected chi connectivity index (χ3v) is 5.71. The minimum atomic E-state index is -4.43. The molecule has 0 bridgehead atoms. The van der Waals surface area contributed by atoms with Gasteiger partial charge in [0.1, 0.15) is 0 Å². The van der Waals surface area contributed by atoms with Crippen molar-refractivity contribution in [3.63, 3.8) is 0 Å². The van der Waals surface area contributed by atoms with Gasteiger partial charge in [0.05, 0.1) is 17.1 Å². The minimum Gasteiger partial charge on any atom is -0.377 e. The molecule has 1 aliphatic carbocycles. The first-order chi connectivity index (χ1) is 11.8. The molecule has 3 aliphatic rings. The van der Waals surface area contributed by atoms with Gasteiger partial charge in [-0.25, -0.2) is 0 Å². The summed E-state index contributed by atoms with van der Waals surface area (Å²) in [5.74, 6) is -0.0361. The van der Waals surface area contributed by atoms with Crippen LogP contribution in [0.2, 0.25) is 0 Å². The van der Waals surface area contributed by atoms with Crippen molar-refractivity contribution in [1.29, 1.82) is 0 Å². The molecule has 1 amide bonds. The van der Waals surface area contributed by atoms with Gasteiger partial charge in [-0.05, 0) is 30.9 Å². The lowest BCUT2D eigenvalue weighted by Gasteiger charge is -2.36. The summed E-state index contributed by atoms with van der Waals surface area (Å²) < 4.78 is 44.5. The van der Waals surface area contributed by atoms with E-state index in [0.717, 1.165) is 12.3 Å². The maximum absolute atomic E-state index is 13.2.